The summed E-state index contributed by atoms with van der Waals surface area (Å²) in [5.41, 5.74) is 6.34. The highest BCUT2D eigenvalue weighted by Gasteiger charge is 2.11. The lowest BCUT2D eigenvalue weighted by atomic mass is 10.1. The summed E-state index contributed by atoms with van der Waals surface area (Å²) in [6, 6.07) is 15.1. The van der Waals surface area contributed by atoms with Gasteiger partial charge in [-0.3, -0.25) is 0 Å². The van der Waals surface area contributed by atoms with Crippen LogP contribution in [0.5, 0.6) is 0 Å². The first-order valence-electron chi connectivity index (χ1n) is 7.18. The molecule has 2 nitrogen and oxygen atoms in total. The number of benzene rings is 2. The van der Waals surface area contributed by atoms with Gasteiger partial charge in [0, 0.05) is 6.54 Å². The highest BCUT2D eigenvalue weighted by atomic mass is 32.2. The van der Waals surface area contributed by atoms with Crippen LogP contribution in [0.2, 0.25) is 0 Å². The number of nitrogens with zero attached hydrogens (tertiary/aromatic N) is 2. The molecule has 0 amide bonds. The van der Waals surface area contributed by atoms with Crippen LogP contribution in [0.3, 0.4) is 0 Å². The van der Waals surface area contributed by atoms with Gasteiger partial charge < -0.3 is 4.57 Å². The van der Waals surface area contributed by atoms with E-state index in [0.29, 0.717) is 0 Å². The molecule has 0 aliphatic heterocycles. The van der Waals surface area contributed by atoms with Crippen LogP contribution in [-0.2, 0) is 12.3 Å². The number of aryl methyl sites for hydroxylation is 2. The van der Waals surface area contributed by atoms with Crippen molar-refractivity contribution in [3.8, 4) is 0 Å². The molecule has 0 aliphatic rings. The zero-order chi connectivity index (χ0) is 14.8. The molecule has 1 aromatic heterocycles. The van der Waals surface area contributed by atoms with Crippen LogP contribution in [0.4, 0.5) is 0 Å². The van der Waals surface area contributed by atoms with Crippen molar-refractivity contribution >= 4 is 22.8 Å². The van der Waals surface area contributed by atoms with Crippen molar-refractivity contribution in [2.45, 2.75) is 26.1 Å². The summed E-state index contributed by atoms with van der Waals surface area (Å²) in [4.78, 5) is 4.79. The Morgan fingerprint density at radius 1 is 1.10 bits per heavy atom. The highest BCUT2D eigenvalue weighted by molar-refractivity contribution is 7.97. The van der Waals surface area contributed by atoms with Crippen LogP contribution in [0, 0.1) is 13.8 Å². The Morgan fingerprint density at radius 2 is 1.90 bits per heavy atom. The van der Waals surface area contributed by atoms with Gasteiger partial charge in [0.05, 0.1) is 16.8 Å². The average Bonchev–Trinajstić information content (AvgIpc) is 2.81. The summed E-state index contributed by atoms with van der Waals surface area (Å²) in [7, 11) is 0. The van der Waals surface area contributed by atoms with E-state index < -0.39 is 0 Å². The van der Waals surface area contributed by atoms with Crippen LogP contribution >= 0.6 is 11.8 Å². The Hall–Kier alpha value is -1.74. The Balaban J connectivity index is 2.10. The Kier molecular flexibility index (Phi) is 4.02. The minimum Gasteiger partial charge on any atom is -0.323 e. The molecule has 0 atom stereocenters. The second-order valence-electron chi connectivity index (χ2n) is 5.47. The van der Waals surface area contributed by atoms with Crippen molar-refractivity contribution in [3.05, 3.63) is 65.0 Å². The first-order valence-corrected chi connectivity index (χ1v) is 8.57. The molecule has 0 saturated heterocycles. The van der Waals surface area contributed by atoms with E-state index in [2.05, 4.69) is 67.1 Å². The van der Waals surface area contributed by atoms with E-state index in [4.69, 9.17) is 4.98 Å². The van der Waals surface area contributed by atoms with E-state index in [-0.39, 0.29) is 0 Å². The Bertz CT molecular complexity index is 774. The van der Waals surface area contributed by atoms with Crippen LogP contribution < -0.4 is 0 Å². The minimum absolute atomic E-state index is 0.893. The third-order valence-corrected chi connectivity index (χ3v) is 4.39. The van der Waals surface area contributed by atoms with Gasteiger partial charge in [-0.2, -0.15) is 11.8 Å². The van der Waals surface area contributed by atoms with E-state index in [1.165, 1.54) is 22.2 Å². The van der Waals surface area contributed by atoms with Crippen LogP contribution in [0.15, 0.2) is 42.5 Å². The molecule has 21 heavy (non-hydrogen) atoms. The van der Waals surface area contributed by atoms with Gasteiger partial charge in [0.2, 0.25) is 0 Å². The standard InChI is InChI=1S/C18H20N2S/c1-13-8-9-14(2)15(10-13)11-20-17-7-5-4-6-16(17)19-18(20)12-21-3/h4-10H,11-12H2,1-3H3. The van der Waals surface area contributed by atoms with Gasteiger partial charge in [0.15, 0.2) is 0 Å². The predicted octanol–water partition coefficient (Wildman–Crippen LogP) is 4.56. The third kappa shape index (κ3) is 2.84. The predicted molar refractivity (Wildman–Crippen MR) is 92.0 cm³/mol. The molecule has 108 valence electrons. The van der Waals surface area contributed by atoms with Gasteiger partial charge in [-0.25, -0.2) is 4.98 Å². The maximum absolute atomic E-state index is 4.79. The van der Waals surface area contributed by atoms with E-state index in [0.717, 1.165) is 23.6 Å². The maximum Gasteiger partial charge on any atom is 0.120 e. The molecule has 0 spiro atoms. The number of hydrogen-bond acceptors (Lipinski definition) is 2. The normalized spacial score (nSPS) is 11.2. The summed E-state index contributed by atoms with van der Waals surface area (Å²) in [6.45, 7) is 5.23. The monoisotopic (exact) mass is 296 g/mol. The fourth-order valence-electron chi connectivity index (χ4n) is 2.68. The van der Waals surface area contributed by atoms with E-state index in [1.54, 1.807) is 0 Å². The lowest BCUT2D eigenvalue weighted by Gasteiger charge is -2.12. The SMILES string of the molecule is CSCc1nc2ccccc2n1Cc1cc(C)ccc1C. The van der Waals surface area contributed by atoms with Crippen LogP contribution in [-0.4, -0.2) is 15.8 Å². The summed E-state index contributed by atoms with van der Waals surface area (Å²) >= 11 is 1.82. The second-order valence-corrected chi connectivity index (χ2v) is 6.33. The highest BCUT2D eigenvalue weighted by Crippen LogP contribution is 2.22. The molecule has 0 saturated carbocycles. The Morgan fingerprint density at radius 3 is 2.71 bits per heavy atom. The number of imidazole rings is 1. The molecule has 0 radical (unpaired) electrons. The van der Waals surface area contributed by atoms with Gasteiger partial charge in [-0.15, -0.1) is 0 Å². The first kappa shape index (κ1) is 14.2. The number of rotatable bonds is 4. The van der Waals surface area contributed by atoms with Gasteiger partial charge >= 0.3 is 0 Å². The number of thioether (sulfide) groups is 1. The molecule has 0 fully saturated rings. The molecular formula is C18H20N2S. The molecule has 0 bridgehead atoms. The van der Waals surface area contributed by atoms with E-state index in [9.17, 15) is 0 Å². The van der Waals surface area contributed by atoms with Crippen molar-refractivity contribution in [1.29, 1.82) is 0 Å². The van der Waals surface area contributed by atoms with Crippen molar-refractivity contribution < 1.29 is 0 Å². The first-order chi connectivity index (χ1) is 10.2. The van der Waals surface area contributed by atoms with E-state index >= 15 is 0 Å². The lowest BCUT2D eigenvalue weighted by Crippen LogP contribution is -2.06. The van der Waals surface area contributed by atoms with Gasteiger partial charge in [0.25, 0.3) is 0 Å². The average molecular weight is 296 g/mol. The summed E-state index contributed by atoms with van der Waals surface area (Å²) < 4.78 is 2.35. The molecule has 0 aliphatic carbocycles. The second kappa shape index (κ2) is 5.94. The largest absolute Gasteiger partial charge is 0.323 e. The van der Waals surface area contributed by atoms with Crippen molar-refractivity contribution in [2.24, 2.45) is 0 Å². The van der Waals surface area contributed by atoms with Crippen LogP contribution in [0.1, 0.15) is 22.5 Å². The summed E-state index contributed by atoms with van der Waals surface area (Å²) in [5, 5.41) is 0. The minimum atomic E-state index is 0.893. The van der Waals surface area contributed by atoms with Gasteiger partial charge in [-0.05, 0) is 43.4 Å². The summed E-state index contributed by atoms with van der Waals surface area (Å²) in [6.07, 6.45) is 2.13. The molecule has 3 aromatic rings. The van der Waals surface area contributed by atoms with Crippen molar-refractivity contribution in [2.75, 3.05) is 6.26 Å². The lowest BCUT2D eigenvalue weighted by molar-refractivity contribution is 0.775. The fraction of sp³-hybridized carbons (Fsp3) is 0.278. The molecule has 1 heterocycles. The van der Waals surface area contributed by atoms with Crippen LogP contribution in [0.25, 0.3) is 11.0 Å². The fourth-order valence-corrected chi connectivity index (χ4v) is 3.16. The zero-order valence-corrected chi connectivity index (χ0v) is 13.6. The molecule has 3 heteroatoms. The number of para-hydroxylation sites is 2. The third-order valence-electron chi connectivity index (χ3n) is 3.84. The van der Waals surface area contributed by atoms with E-state index in [1.807, 2.05) is 11.8 Å². The topological polar surface area (TPSA) is 17.8 Å². The van der Waals surface area contributed by atoms with Crippen molar-refractivity contribution in [1.82, 2.24) is 9.55 Å². The molecule has 0 N–H and O–H groups in total. The molecule has 2 aromatic carbocycles. The smallest absolute Gasteiger partial charge is 0.120 e. The molecule has 0 unspecified atom stereocenters. The number of fused-ring (bicyclic) bond motifs is 1. The Labute approximate surface area is 130 Å². The van der Waals surface area contributed by atoms with Gasteiger partial charge in [0.1, 0.15) is 5.82 Å². The molecule has 3 rings (SSSR count). The van der Waals surface area contributed by atoms with Gasteiger partial charge in [-0.1, -0.05) is 35.9 Å². The number of hydrogen-bond donors (Lipinski definition) is 0. The quantitative estimate of drug-likeness (QED) is 0.702. The molecular weight excluding hydrogens is 276 g/mol. The van der Waals surface area contributed by atoms with Crippen molar-refractivity contribution in [3.63, 3.8) is 0 Å². The number of aromatic nitrogens is 2. The maximum atomic E-state index is 4.79. The zero-order valence-electron chi connectivity index (χ0n) is 12.8. The summed E-state index contributed by atoms with van der Waals surface area (Å²) in [5.74, 6) is 2.10.